The molecule has 0 aliphatic heterocycles. The molecule has 0 aromatic heterocycles. The van der Waals surface area contributed by atoms with E-state index in [0.717, 1.165) is 0 Å². The molecule has 1 atom stereocenters. The Morgan fingerprint density at radius 3 is 2.40 bits per heavy atom. The SMILES string of the molecule is Cc1ccc(SC(CC(=N)N)c2ccccc2)cc1C. The number of benzene rings is 2. The smallest absolute Gasteiger partial charge is 0.0920 e. The molecule has 0 aliphatic carbocycles. The third-order valence-electron chi connectivity index (χ3n) is 3.33. The third-order valence-corrected chi connectivity index (χ3v) is 4.58. The first-order chi connectivity index (χ1) is 9.56. The van der Waals surface area contributed by atoms with E-state index in [1.54, 1.807) is 11.8 Å². The fourth-order valence-electron chi connectivity index (χ4n) is 2.05. The molecular formula is C17H20N2S. The van der Waals surface area contributed by atoms with Gasteiger partial charge in [0.05, 0.1) is 5.84 Å². The molecule has 1 unspecified atom stereocenters. The standard InChI is InChI=1S/C17H20N2S/c1-12-8-9-15(10-13(12)2)20-16(11-17(18)19)14-6-4-3-5-7-14/h3-10,16H,11H2,1-2H3,(H3,18,19). The molecule has 0 spiro atoms. The normalized spacial score (nSPS) is 12.1. The van der Waals surface area contributed by atoms with E-state index in [4.69, 9.17) is 11.1 Å². The van der Waals surface area contributed by atoms with E-state index in [1.165, 1.54) is 21.6 Å². The molecule has 2 nitrogen and oxygen atoms in total. The van der Waals surface area contributed by atoms with Crippen molar-refractivity contribution >= 4 is 17.6 Å². The maximum absolute atomic E-state index is 7.58. The van der Waals surface area contributed by atoms with Crippen LogP contribution in [0.1, 0.15) is 28.4 Å². The Kier molecular flexibility index (Phi) is 4.85. The summed E-state index contributed by atoms with van der Waals surface area (Å²) < 4.78 is 0. The van der Waals surface area contributed by atoms with Gasteiger partial charge in [0.15, 0.2) is 0 Å². The summed E-state index contributed by atoms with van der Waals surface area (Å²) in [7, 11) is 0. The lowest BCUT2D eigenvalue weighted by Crippen LogP contribution is -2.13. The minimum Gasteiger partial charge on any atom is -0.388 e. The average Bonchev–Trinajstić information content (AvgIpc) is 2.43. The summed E-state index contributed by atoms with van der Waals surface area (Å²) in [4.78, 5) is 1.23. The van der Waals surface area contributed by atoms with Crippen LogP contribution in [-0.4, -0.2) is 5.84 Å². The predicted molar refractivity (Wildman–Crippen MR) is 87.5 cm³/mol. The van der Waals surface area contributed by atoms with Crippen LogP contribution in [0.5, 0.6) is 0 Å². The highest BCUT2D eigenvalue weighted by atomic mass is 32.2. The Morgan fingerprint density at radius 2 is 1.80 bits per heavy atom. The highest BCUT2D eigenvalue weighted by Gasteiger charge is 2.14. The fourth-order valence-corrected chi connectivity index (χ4v) is 3.32. The highest BCUT2D eigenvalue weighted by molar-refractivity contribution is 7.99. The van der Waals surface area contributed by atoms with Crippen LogP contribution in [-0.2, 0) is 0 Å². The van der Waals surface area contributed by atoms with Gasteiger partial charge in [0.1, 0.15) is 0 Å². The van der Waals surface area contributed by atoms with Crippen LogP contribution in [0.15, 0.2) is 53.4 Å². The summed E-state index contributed by atoms with van der Waals surface area (Å²) in [5.41, 5.74) is 9.42. The number of hydrogen-bond acceptors (Lipinski definition) is 2. The largest absolute Gasteiger partial charge is 0.388 e. The van der Waals surface area contributed by atoms with Gasteiger partial charge in [-0.1, -0.05) is 36.4 Å². The zero-order chi connectivity index (χ0) is 14.5. The van der Waals surface area contributed by atoms with Gasteiger partial charge in [0.25, 0.3) is 0 Å². The topological polar surface area (TPSA) is 49.9 Å². The van der Waals surface area contributed by atoms with Crippen molar-refractivity contribution in [3.05, 3.63) is 65.2 Å². The van der Waals surface area contributed by atoms with E-state index in [2.05, 4.69) is 44.2 Å². The van der Waals surface area contributed by atoms with Crippen molar-refractivity contribution in [2.75, 3.05) is 0 Å². The van der Waals surface area contributed by atoms with Gasteiger partial charge in [0, 0.05) is 16.6 Å². The second-order valence-corrected chi connectivity index (χ2v) is 6.27. The number of rotatable bonds is 5. The maximum atomic E-state index is 7.58. The number of hydrogen-bond donors (Lipinski definition) is 2. The van der Waals surface area contributed by atoms with Crippen molar-refractivity contribution in [1.29, 1.82) is 5.41 Å². The lowest BCUT2D eigenvalue weighted by molar-refractivity contribution is 0.984. The van der Waals surface area contributed by atoms with Crippen LogP contribution in [0.4, 0.5) is 0 Å². The number of nitrogens with one attached hydrogen (secondary N) is 1. The lowest BCUT2D eigenvalue weighted by Gasteiger charge is -2.17. The second-order valence-electron chi connectivity index (χ2n) is 4.99. The zero-order valence-corrected chi connectivity index (χ0v) is 12.7. The van der Waals surface area contributed by atoms with Gasteiger partial charge in [-0.25, -0.2) is 0 Å². The van der Waals surface area contributed by atoms with Gasteiger partial charge in [-0.05, 0) is 42.7 Å². The molecule has 2 aromatic rings. The Labute approximate surface area is 124 Å². The zero-order valence-electron chi connectivity index (χ0n) is 11.9. The molecule has 3 heteroatoms. The summed E-state index contributed by atoms with van der Waals surface area (Å²) >= 11 is 1.77. The van der Waals surface area contributed by atoms with Gasteiger partial charge in [-0.2, -0.15) is 0 Å². The Hall–Kier alpha value is -1.74. The first-order valence-corrected chi connectivity index (χ1v) is 7.56. The molecule has 0 aliphatic rings. The van der Waals surface area contributed by atoms with E-state index in [-0.39, 0.29) is 11.1 Å². The Balaban J connectivity index is 2.23. The van der Waals surface area contributed by atoms with E-state index >= 15 is 0 Å². The van der Waals surface area contributed by atoms with Gasteiger partial charge >= 0.3 is 0 Å². The molecule has 104 valence electrons. The van der Waals surface area contributed by atoms with Gasteiger partial charge < -0.3 is 5.73 Å². The molecule has 0 fully saturated rings. The minimum absolute atomic E-state index is 0.191. The number of nitrogens with two attached hydrogens (primary N) is 1. The summed E-state index contributed by atoms with van der Waals surface area (Å²) in [6, 6.07) is 16.8. The highest BCUT2D eigenvalue weighted by Crippen LogP contribution is 2.38. The summed E-state index contributed by atoms with van der Waals surface area (Å²) in [5.74, 6) is 0.232. The van der Waals surface area contributed by atoms with E-state index < -0.39 is 0 Å². The summed E-state index contributed by atoms with van der Waals surface area (Å²) in [5, 5.41) is 7.77. The quantitative estimate of drug-likeness (QED) is 0.484. The van der Waals surface area contributed by atoms with Crippen molar-refractivity contribution in [3.8, 4) is 0 Å². The average molecular weight is 284 g/mol. The van der Waals surface area contributed by atoms with Crippen LogP contribution in [0, 0.1) is 19.3 Å². The first kappa shape index (κ1) is 14.7. The molecule has 20 heavy (non-hydrogen) atoms. The van der Waals surface area contributed by atoms with E-state index in [9.17, 15) is 0 Å². The lowest BCUT2D eigenvalue weighted by atomic mass is 10.1. The molecule has 0 bridgehead atoms. The molecule has 2 aromatic carbocycles. The van der Waals surface area contributed by atoms with Crippen molar-refractivity contribution in [2.45, 2.75) is 30.4 Å². The molecule has 0 saturated heterocycles. The molecular weight excluding hydrogens is 264 g/mol. The summed E-state index contributed by atoms with van der Waals surface area (Å²) in [6.07, 6.45) is 0.571. The number of amidine groups is 1. The Bertz CT molecular complexity index is 593. The number of aryl methyl sites for hydroxylation is 2. The van der Waals surface area contributed by atoms with Crippen LogP contribution in [0.2, 0.25) is 0 Å². The molecule has 0 radical (unpaired) electrons. The number of thioether (sulfide) groups is 1. The first-order valence-electron chi connectivity index (χ1n) is 6.68. The molecule has 3 N–H and O–H groups in total. The molecule has 0 heterocycles. The summed E-state index contributed by atoms with van der Waals surface area (Å²) in [6.45, 7) is 4.25. The Morgan fingerprint density at radius 1 is 1.10 bits per heavy atom. The van der Waals surface area contributed by atoms with Crippen LogP contribution >= 0.6 is 11.8 Å². The molecule has 0 amide bonds. The van der Waals surface area contributed by atoms with E-state index in [1.807, 2.05) is 18.2 Å². The van der Waals surface area contributed by atoms with Crippen molar-refractivity contribution in [1.82, 2.24) is 0 Å². The molecule has 0 saturated carbocycles. The molecule has 2 rings (SSSR count). The van der Waals surface area contributed by atoms with Crippen LogP contribution in [0.25, 0.3) is 0 Å². The van der Waals surface area contributed by atoms with Crippen LogP contribution in [0.3, 0.4) is 0 Å². The monoisotopic (exact) mass is 284 g/mol. The minimum atomic E-state index is 0.191. The third kappa shape index (κ3) is 3.87. The van der Waals surface area contributed by atoms with E-state index in [0.29, 0.717) is 6.42 Å². The second kappa shape index (κ2) is 6.62. The van der Waals surface area contributed by atoms with Gasteiger partial charge in [-0.15, -0.1) is 11.8 Å². The van der Waals surface area contributed by atoms with Crippen molar-refractivity contribution < 1.29 is 0 Å². The van der Waals surface area contributed by atoms with Crippen molar-refractivity contribution in [3.63, 3.8) is 0 Å². The van der Waals surface area contributed by atoms with Gasteiger partial charge in [-0.3, -0.25) is 5.41 Å². The van der Waals surface area contributed by atoms with Crippen LogP contribution < -0.4 is 5.73 Å². The van der Waals surface area contributed by atoms with Gasteiger partial charge in [0.2, 0.25) is 0 Å². The van der Waals surface area contributed by atoms with Crippen molar-refractivity contribution in [2.24, 2.45) is 5.73 Å². The maximum Gasteiger partial charge on any atom is 0.0920 e. The fraction of sp³-hybridized carbons (Fsp3) is 0.235. The predicted octanol–water partition coefficient (Wildman–Crippen LogP) is 4.46.